The summed E-state index contributed by atoms with van der Waals surface area (Å²) >= 11 is 1.74. The maximum Gasteiger partial charge on any atom is 0.140 e. The highest BCUT2D eigenvalue weighted by Crippen LogP contribution is 2.37. The van der Waals surface area contributed by atoms with Gasteiger partial charge in [-0.25, -0.2) is 9.97 Å². The highest BCUT2D eigenvalue weighted by molar-refractivity contribution is 7.21. The van der Waals surface area contributed by atoms with E-state index in [2.05, 4.69) is 61.5 Å². The number of anilines is 1. The average Bonchev–Trinajstić information content (AvgIpc) is 3.38. The number of piperidine rings is 1. The van der Waals surface area contributed by atoms with Crippen LogP contribution in [0.15, 0.2) is 55.0 Å². The normalized spacial score (nSPS) is 15.6. The molecule has 0 amide bonds. The molecule has 26 heavy (non-hydrogen) atoms. The molecule has 0 aliphatic carbocycles. The topological polar surface area (TPSA) is 57.7 Å². The van der Waals surface area contributed by atoms with Gasteiger partial charge in [0.25, 0.3) is 0 Å². The van der Waals surface area contributed by atoms with E-state index in [9.17, 15) is 0 Å². The SMILES string of the molecule is c1ccc(-c2cc3c(N4CCC(c5ccn[nH]5)CC4)ncnc3s2)cc1. The predicted molar refractivity (Wildman–Crippen MR) is 106 cm³/mol. The van der Waals surface area contributed by atoms with E-state index in [0.717, 1.165) is 42.0 Å². The lowest BCUT2D eigenvalue weighted by Gasteiger charge is -2.32. The lowest BCUT2D eigenvalue weighted by molar-refractivity contribution is 0.494. The van der Waals surface area contributed by atoms with Crippen molar-refractivity contribution >= 4 is 27.4 Å². The molecule has 4 aromatic rings. The highest BCUT2D eigenvalue weighted by Gasteiger charge is 2.24. The number of nitrogens with one attached hydrogen (secondary N) is 1. The first kappa shape index (κ1) is 15.5. The maximum atomic E-state index is 4.63. The van der Waals surface area contributed by atoms with Crippen molar-refractivity contribution in [3.8, 4) is 10.4 Å². The van der Waals surface area contributed by atoms with Crippen LogP contribution in [0.3, 0.4) is 0 Å². The molecule has 0 unspecified atom stereocenters. The molecule has 1 aliphatic heterocycles. The Balaban J connectivity index is 1.43. The summed E-state index contributed by atoms with van der Waals surface area (Å²) in [7, 11) is 0. The summed E-state index contributed by atoms with van der Waals surface area (Å²) in [6.07, 6.45) is 5.77. The minimum atomic E-state index is 0.563. The second-order valence-corrected chi connectivity index (χ2v) is 7.70. The van der Waals surface area contributed by atoms with E-state index in [1.165, 1.54) is 16.1 Å². The molecule has 1 saturated heterocycles. The quantitative estimate of drug-likeness (QED) is 0.585. The molecule has 0 saturated carbocycles. The van der Waals surface area contributed by atoms with Gasteiger partial charge in [-0.2, -0.15) is 5.10 Å². The highest BCUT2D eigenvalue weighted by atomic mass is 32.1. The summed E-state index contributed by atoms with van der Waals surface area (Å²) < 4.78 is 0. The zero-order chi connectivity index (χ0) is 17.3. The molecule has 1 aromatic carbocycles. The van der Waals surface area contributed by atoms with Crippen LogP contribution < -0.4 is 4.90 Å². The van der Waals surface area contributed by atoms with Crippen LogP contribution in [-0.2, 0) is 0 Å². The molecule has 5 rings (SSSR count). The zero-order valence-electron chi connectivity index (χ0n) is 14.3. The van der Waals surface area contributed by atoms with E-state index in [1.54, 1.807) is 17.7 Å². The number of benzene rings is 1. The van der Waals surface area contributed by atoms with Gasteiger partial charge in [-0.3, -0.25) is 5.10 Å². The molecule has 0 radical (unpaired) electrons. The Labute approximate surface area is 155 Å². The maximum absolute atomic E-state index is 4.63. The predicted octanol–water partition coefficient (Wildman–Crippen LogP) is 4.47. The van der Waals surface area contributed by atoms with E-state index in [1.807, 2.05) is 12.3 Å². The molecular formula is C20H19N5S. The third-order valence-corrected chi connectivity index (χ3v) is 6.22. The van der Waals surface area contributed by atoms with Crippen LogP contribution in [0.25, 0.3) is 20.7 Å². The lowest BCUT2D eigenvalue weighted by atomic mass is 9.93. The number of rotatable bonds is 3. The summed E-state index contributed by atoms with van der Waals surface area (Å²) in [5.41, 5.74) is 2.48. The minimum absolute atomic E-state index is 0.563. The van der Waals surface area contributed by atoms with Crippen molar-refractivity contribution in [2.45, 2.75) is 18.8 Å². The molecule has 4 heterocycles. The first-order valence-electron chi connectivity index (χ1n) is 8.92. The van der Waals surface area contributed by atoms with Crippen LogP contribution in [0, 0.1) is 0 Å². The van der Waals surface area contributed by atoms with E-state index >= 15 is 0 Å². The Morgan fingerprint density at radius 2 is 1.88 bits per heavy atom. The van der Waals surface area contributed by atoms with E-state index in [4.69, 9.17) is 0 Å². The number of H-pyrrole nitrogens is 1. The Morgan fingerprint density at radius 1 is 1.04 bits per heavy atom. The Bertz CT molecular complexity index is 1000. The van der Waals surface area contributed by atoms with Gasteiger partial charge in [0.15, 0.2) is 0 Å². The van der Waals surface area contributed by atoms with Crippen molar-refractivity contribution in [2.75, 3.05) is 18.0 Å². The fourth-order valence-electron chi connectivity index (χ4n) is 3.74. The number of fused-ring (bicyclic) bond motifs is 1. The van der Waals surface area contributed by atoms with E-state index < -0.39 is 0 Å². The summed E-state index contributed by atoms with van der Waals surface area (Å²) in [6.45, 7) is 2.01. The van der Waals surface area contributed by atoms with Crippen LogP contribution in [-0.4, -0.2) is 33.3 Å². The van der Waals surface area contributed by atoms with Gasteiger partial charge in [-0.15, -0.1) is 11.3 Å². The molecule has 1 aliphatic rings. The van der Waals surface area contributed by atoms with Crippen molar-refractivity contribution in [1.82, 2.24) is 20.2 Å². The fourth-order valence-corrected chi connectivity index (χ4v) is 4.74. The molecule has 1 N–H and O–H groups in total. The van der Waals surface area contributed by atoms with Gasteiger partial charge in [0.1, 0.15) is 17.0 Å². The van der Waals surface area contributed by atoms with E-state index in [0.29, 0.717) is 5.92 Å². The minimum Gasteiger partial charge on any atom is -0.356 e. The van der Waals surface area contributed by atoms with Crippen LogP contribution in [0.5, 0.6) is 0 Å². The molecule has 3 aromatic heterocycles. The van der Waals surface area contributed by atoms with Crippen molar-refractivity contribution in [3.63, 3.8) is 0 Å². The molecule has 0 bridgehead atoms. The van der Waals surface area contributed by atoms with Gasteiger partial charge in [-0.1, -0.05) is 30.3 Å². The molecule has 5 nitrogen and oxygen atoms in total. The third-order valence-electron chi connectivity index (χ3n) is 5.12. The van der Waals surface area contributed by atoms with Gasteiger partial charge >= 0.3 is 0 Å². The van der Waals surface area contributed by atoms with Crippen LogP contribution in [0.2, 0.25) is 0 Å². The third kappa shape index (κ3) is 2.76. The van der Waals surface area contributed by atoms with Gasteiger partial charge < -0.3 is 4.90 Å². The van der Waals surface area contributed by atoms with Gasteiger partial charge in [0, 0.05) is 35.8 Å². The molecular weight excluding hydrogens is 342 g/mol. The Morgan fingerprint density at radius 3 is 2.65 bits per heavy atom. The number of nitrogens with zero attached hydrogens (tertiary/aromatic N) is 4. The van der Waals surface area contributed by atoms with Crippen molar-refractivity contribution in [3.05, 3.63) is 60.7 Å². The summed E-state index contributed by atoms with van der Waals surface area (Å²) in [5.74, 6) is 1.63. The number of hydrogen-bond donors (Lipinski definition) is 1. The summed E-state index contributed by atoms with van der Waals surface area (Å²) in [4.78, 5) is 13.8. The second kappa shape index (κ2) is 6.53. The molecule has 6 heteroatoms. The zero-order valence-corrected chi connectivity index (χ0v) is 15.1. The van der Waals surface area contributed by atoms with E-state index in [-0.39, 0.29) is 0 Å². The van der Waals surface area contributed by atoms with Gasteiger partial charge in [-0.05, 0) is 30.5 Å². The first-order valence-corrected chi connectivity index (χ1v) is 9.74. The number of aromatic nitrogens is 4. The fraction of sp³-hybridized carbons (Fsp3) is 0.250. The first-order chi connectivity index (χ1) is 12.9. The number of hydrogen-bond acceptors (Lipinski definition) is 5. The van der Waals surface area contributed by atoms with Crippen LogP contribution in [0.4, 0.5) is 5.82 Å². The number of aromatic amines is 1. The molecule has 1 fully saturated rings. The monoisotopic (exact) mass is 361 g/mol. The van der Waals surface area contributed by atoms with Crippen molar-refractivity contribution in [2.24, 2.45) is 0 Å². The Kier molecular flexibility index (Phi) is 3.90. The van der Waals surface area contributed by atoms with Crippen molar-refractivity contribution in [1.29, 1.82) is 0 Å². The largest absolute Gasteiger partial charge is 0.356 e. The van der Waals surface area contributed by atoms with Gasteiger partial charge in [0.2, 0.25) is 0 Å². The standard InChI is InChI=1S/C20H19N5S/c1-2-4-15(5-3-1)18-12-16-19(21-13-22-20(16)26-18)25-10-7-14(8-11-25)17-6-9-23-24-17/h1-6,9,12-14H,7-8,10-11H2,(H,23,24). The van der Waals surface area contributed by atoms with Crippen LogP contribution in [0.1, 0.15) is 24.5 Å². The number of thiophene rings is 1. The average molecular weight is 361 g/mol. The summed E-state index contributed by atoms with van der Waals surface area (Å²) in [5, 5.41) is 8.37. The summed E-state index contributed by atoms with van der Waals surface area (Å²) in [6, 6.07) is 14.8. The van der Waals surface area contributed by atoms with Crippen LogP contribution >= 0.6 is 11.3 Å². The van der Waals surface area contributed by atoms with Gasteiger partial charge in [0.05, 0.1) is 5.39 Å². The van der Waals surface area contributed by atoms with Crippen molar-refractivity contribution < 1.29 is 0 Å². The lowest BCUT2D eigenvalue weighted by Crippen LogP contribution is -2.33. The molecule has 0 atom stereocenters. The molecule has 0 spiro atoms. The molecule has 130 valence electrons. The Hall–Kier alpha value is -2.73. The second-order valence-electron chi connectivity index (χ2n) is 6.67. The smallest absolute Gasteiger partial charge is 0.140 e.